The number of anilines is 3. The lowest BCUT2D eigenvalue weighted by atomic mass is 10.0. The number of hydrogen-bond donors (Lipinski definition) is 0. The highest BCUT2D eigenvalue weighted by Gasteiger charge is 2.14. The zero-order chi connectivity index (χ0) is 21.4. The van der Waals surface area contributed by atoms with Crippen molar-refractivity contribution in [2.75, 3.05) is 4.90 Å². The average molecular weight is 486 g/mol. The van der Waals surface area contributed by atoms with Crippen molar-refractivity contribution in [1.29, 1.82) is 0 Å². The first-order valence-electron chi connectivity index (χ1n) is 10.0. The minimum Gasteiger partial charge on any atom is -0.311 e. The van der Waals surface area contributed by atoms with Gasteiger partial charge in [-0.2, -0.15) is 8.75 Å². The summed E-state index contributed by atoms with van der Waals surface area (Å²) in [5, 5.41) is 0. The van der Waals surface area contributed by atoms with Crippen LogP contribution in [-0.4, -0.2) is 8.75 Å². The summed E-state index contributed by atoms with van der Waals surface area (Å²) in [4.78, 5) is 2.28. The predicted molar refractivity (Wildman–Crippen MR) is 135 cm³/mol. The smallest absolute Gasteiger partial charge is 0.119 e. The third kappa shape index (κ3) is 3.87. The Bertz CT molecular complexity index is 1300. The van der Waals surface area contributed by atoms with E-state index in [1.165, 1.54) is 22.9 Å². The van der Waals surface area contributed by atoms with Gasteiger partial charge >= 0.3 is 0 Å². The van der Waals surface area contributed by atoms with Gasteiger partial charge in [0.05, 0.1) is 11.7 Å². The molecule has 5 heteroatoms. The summed E-state index contributed by atoms with van der Waals surface area (Å²) in [6.07, 6.45) is 0. The second-order valence-electron chi connectivity index (χ2n) is 7.61. The Labute approximate surface area is 194 Å². The summed E-state index contributed by atoms with van der Waals surface area (Å²) in [6, 6.07) is 30.1. The Morgan fingerprint density at radius 3 is 1.65 bits per heavy atom. The molecule has 4 aromatic carbocycles. The molecular formula is C26H20BrN3S. The Kier molecular flexibility index (Phi) is 5.30. The average Bonchev–Trinajstić information content (AvgIpc) is 3.28. The monoisotopic (exact) mass is 485 g/mol. The van der Waals surface area contributed by atoms with Gasteiger partial charge in [-0.1, -0.05) is 53.6 Å². The molecule has 0 saturated heterocycles. The van der Waals surface area contributed by atoms with Crippen LogP contribution < -0.4 is 4.90 Å². The maximum Gasteiger partial charge on any atom is 0.119 e. The fraction of sp³-hybridized carbons (Fsp3) is 0.0769. The number of nitrogens with zero attached hydrogens (tertiary/aromatic N) is 3. The van der Waals surface area contributed by atoms with Crippen LogP contribution >= 0.6 is 27.7 Å². The van der Waals surface area contributed by atoms with Gasteiger partial charge in [0.2, 0.25) is 0 Å². The van der Waals surface area contributed by atoms with Gasteiger partial charge in [-0.15, -0.1) is 0 Å². The standard InChI is InChI=1S/C26H20BrN3S/c1-17-3-9-20(10-4-17)30(21-11-5-18(2)6-12-21)22-13-7-19(8-14-22)23-15-16-24(27)26-25(23)28-31-29-26/h3-16H,1-2H3. The highest BCUT2D eigenvalue weighted by atomic mass is 79.9. The normalized spacial score (nSPS) is 11.1. The van der Waals surface area contributed by atoms with E-state index in [4.69, 9.17) is 0 Å². The first kappa shape index (κ1) is 19.9. The van der Waals surface area contributed by atoms with Crippen LogP contribution in [0.15, 0.2) is 89.4 Å². The maximum atomic E-state index is 4.52. The van der Waals surface area contributed by atoms with E-state index in [9.17, 15) is 0 Å². The van der Waals surface area contributed by atoms with E-state index in [2.05, 4.69) is 122 Å². The van der Waals surface area contributed by atoms with Gasteiger partial charge in [0, 0.05) is 27.1 Å². The highest BCUT2D eigenvalue weighted by molar-refractivity contribution is 9.10. The molecule has 0 N–H and O–H groups in total. The molecule has 0 fully saturated rings. The number of benzene rings is 4. The third-order valence-electron chi connectivity index (χ3n) is 5.39. The van der Waals surface area contributed by atoms with Crippen molar-refractivity contribution in [2.45, 2.75) is 13.8 Å². The molecule has 0 amide bonds. The predicted octanol–water partition coefficient (Wildman–Crippen LogP) is 8.21. The van der Waals surface area contributed by atoms with E-state index in [1.807, 2.05) is 6.07 Å². The molecule has 0 bridgehead atoms. The van der Waals surface area contributed by atoms with Gasteiger partial charge in [-0.25, -0.2) is 0 Å². The number of halogens is 1. The number of aromatic nitrogens is 2. The maximum absolute atomic E-state index is 4.52. The van der Waals surface area contributed by atoms with Gasteiger partial charge in [-0.05, 0) is 77.8 Å². The summed E-state index contributed by atoms with van der Waals surface area (Å²) < 4.78 is 9.91. The third-order valence-corrected chi connectivity index (χ3v) is 6.56. The topological polar surface area (TPSA) is 29.0 Å². The Hall–Kier alpha value is -3.02. The Balaban J connectivity index is 1.58. The van der Waals surface area contributed by atoms with Gasteiger partial charge < -0.3 is 4.90 Å². The fourth-order valence-electron chi connectivity index (χ4n) is 3.69. The van der Waals surface area contributed by atoms with Gasteiger partial charge in [0.1, 0.15) is 11.0 Å². The van der Waals surface area contributed by atoms with E-state index in [-0.39, 0.29) is 0 Å². The quantitative estimate of drug-likeness (QED) is 0.256. The Morgan fingerprint density at radius 1 is 0.613 bits per heavy atom. The van der Waals surface area contributed by atoms with Crippen molar-refractivity contribution in [3.63, 3.8) is 0 Å². The van der Waals surface area contributed by atoms with Crippen molar-refractivity contribution in [1.82, 2.24) is 8.75 Å². The van der Waals surface area contributed by atoms with Gasteiger partial charge in [0.15, 0.2) is 0 Å². The lowest BCUT2D eigenvalue weighted by molar-refractivity contribution is 1.27. The summed E-state index contributed by atoms with van der Waals surface area (Å²) in [5.41, 5.74) is 9.94. The number of fused-ring (bicyclic) bond motifs is 1. The Morgan fingerprint density at radius 2 is 1.10 bits per heavy atom. The molecule has 0 radical (unpaired) electrons. The molecule has 0 unspecified atom stereocenters. The zero-order valence-electron chi connectivity index (χ0n) is 17.2. The number of rotatable bonds is 4. The van der Waals surface area contributed by atoms with Crippen LogP contribution in [0.3, 0.4) is 0 Å². The van der Waals surface area contributed by atoms with Crippen LogP contribution in [0, 0.1) is 13.8 Å². The molecule has 5 rings (SSSR count). The van der Waals surface area contributed by atoms with Crippen molar-refractivity contribution < 1.29 is 0 Å². The van der Waals surface area contributed by atoms with Crippen molar-refractivity contribution >= 4 is 55.8 Å². The first-order chi connectivity index (χ1) is 15.1. The molecular weight excluding hydrogens is 466 g/mol. The van der Waals surface area contributed by atoms with Crippen molar-refractivity contribution in [3.8, 4) is 11.1 Å². The molecule has 0 saturated carbocycles. The fourth-order valence-corrected chi connectivity index (χ4v) is 4.79. The molecule has 1 aromatic heterocycles. The molecule has 1 heterocycles. The summed E-state index contributed by atoms with van der Waals surface area (Å²) in [6.45, 7) is 4.22. The van der Waals surface area contributed by atoms with E-state index in [0.29, 0.717) is 0 Å². The molecule has 152 valence electrons. The van der Waals surface area contributed by atoms with E-state index < -0.39 is 0 Å². The van der Waals surface area contributed by atoms with Crippen LogP contribution in [0.2, 0.25) is 0 Å². The van der Waals surface area contributed by atoms with Gasteiger partial charge in [-0.3, -0.25) is 0 Å². The second-order valence-corrected chi connectivity index (χ2v) is 8.99. The van der Waals surface area contributed by atoms with E-state index in [1.54, 1.807) is 0 Å². The highest BCUT2D eigenvalue weighted by Crippen LogP contribution is 2.37. The SMILES string of the molecule is Cc1ccc(N(c2ccc(C)cc2)c2ccc(-c3ccc(Br)c4nsnc34)cc2)cc1. The minimum atomic E-state index is 0.910. The molecule has 31 heavy (non-hydrogen) atoms. The minimum absolute atomic E-state index is 0.910. The molecule has 0 aliphatic carbocycles. The molecule has 5 aromatic rings. The molecule has 3 nitrogen and oxygen atoms in total. The first-order valence-corrected chi connectivity index (χ1v) is 11.6. The molecule has 0 spiro atoms. The lowest BCUT2D eigenvalue weighted by Crippen LogP contribution is -2.09. The summed E-state index contributed by atoms with van der Waals surface area (Å²) in [7, 11) is 0. The van der Waals surface area contributed by atoms with E-state index in [0.717, 1.165) is 43.7 Å². The number of hydrogen-bond acceptors (Lipinski definition) is 4. The van der Waals surface area contributed by atoms with Crippen LogP contribution in [0.1, 0.15) is 11.1 Å². The zero-order valence-corrected chi connectivity index (χ0v) is 19.6. The summed E-state index contributed by atoms with van der Waals surface area (Å²) >= 11 is 4.82. The summed E-state index contributed by atoms with van der Waals surface area (Å²) in [5.74, 6) is 0. The van der Waals surface area contributed by atoms with E-state index >= 15 is 0 Å². The second kappa shape index (κ2) is 8.25. The van der Waals surface area contributed by atoms with Gasteiger partial charge in [0.25, 0.3) is 0 Å². The van der Waals surface area contributed by atoms with Crippen molar-refractivity contribution in [2.24, 2.45) is 0 Å². The van der Waals surface area contributed by atoms with Crippen molar-refractivity contribution in [3.05, 3.63) is 101 Å². The molecule has 0 aliphatic heterocycles. The molecule has 0 aliphatic rings. The molecule has 0 atom stereocenters. The van der Waals surface area contributed by atoms with Crippen LogP contribution in [-0.2, 0) is 0 Å². The lowest BCUT2D eigenvalue weighted by Gasteiger charge is -2.26. The number of aryl methyl sites for hydroxylation is 2. The van der Waals surface area contributed by atoms with Crippen LogP contribution in [0.5, 0.6) is 0 Å². The van der Waals surface area contributed by atoms with Crippen LogP contribution in [0.25, 0.3) is 22.2 Å². The van der Waals surface area contributed by atoms with Crippen LogP contribution in [0.4, 0.5) is 17.1 Å². The largest absolute Gasteiger partial charge is 0.311 e.